The van der Waals surface area contributed by atoms with Crippen molar-refractivity contribution in [3.8, 4) is 5.75 Å². The van der Waals surface area contributed by atoms with Crippen molar-refractivity contribution in [2.24, 2.45) is 5.92 Å². The molecule has 0 aliphatic heterocycles. The number of halogens is 4. The highest BCUT2D eigenvalue weighted by Gasteiger charge is 2.19. The Kier molecular flexibility index (Phi) is 6.20. The van der Waals surface area contributed by atoms with Gasteiger partial charge in [-0.25, -0.2) is 13.2 Å². The van der Waals surface area contributed by atoms with E-state index in [4.69, 9.17) is 10.5 Å². The standard InChI is InChI=1S/C17H18F3IN2O/c1-9(2)5-6-24-14-8-12(19)15(20)17(16(14)22)23-13-4-3-10(21)7-11(13)18/h3-4,7-9,23H,5-6,22H2,1-2H3. The van der Waals surface area contributed by atoms with E-state index in [0.717, 1.165) is 12.5 Å². The van der Waals surface area contributed by atoms with Gasteiger partial charge in [0.2, 0.25) is 0 Å². The number of nitrogens with one attached hydrogen (secondary N) is 1. The van der Waals surface area contributed by atoms with Gasteiger partial charge in [-0.2, -0.15) is 0 Å². The van der Waals surface area contributed by atoms with Crippen LogP contribution in [0.5, 0.6) is 5.75 Å². The van der Waals surface area contributed by atoms with Crippen molar-refractivity contribution >= 4 is 39.7 Å². The molecule has 0 aliphatic carbocycles. The van der Waals surface area contributed by atoms with E-state index in [9.17, 15) is 13.2 Å². The minimum absolute atomic E-state index is 0.000235. The van der Waals surface area contributed by atoms with Crippen LogP contribution in [0, 0.1) is 26.9 Å². The molecule has 2 aromatic rings. The fourth-order valence-corrected chi connectivity index (χ4v) is 2.44. The predicted molar refractivity (Wildman–Crippen MR) is 98.1 cm³/mol. The third-order valence-corrected chi connectivity index (χ3v) is 4.04. The van der Waals surface area contributed by atoms with E-state index >= 15 is 0 Å². The van der Waals surface area contributed by atoms with Gasteiger partial charge in [0, 0.05) is 9.64 Å². The van der Waals surface area contributed by atoms with Gasteiger partial charge in [0.05, 0.1) is 12.3 Å². The van der Waals surface area contributed by atoms with Crippen LogP contribution in [0.1, 0.15) is 20.3 Å². The first kappa shape index (κ1) is 18.7. The zero-order valence-corrected chi connectivity index (χ0v) is 15.5. The van der Waals surface area contributed by atoms with Gasteiger partial charge < -0.3 is 15.8 Å². The lowest BCUT2D eigenvalue weighted by Gasteiger charge is -2.16. The molecule has 0 heterocycles. The Hall–Kier alpha value is -1.64. The first-order valence-corrected chi connectivity index (χ1v) is 8.49. The molecule has 0 amide bonds. The van der Waals surface area contributed by atoms with Gasteiger partial charge in [-0.15, -0.1) is 0 Å². The van der Waals surface area contributed by atoms with Crippen molar-refractivity contribution in [3.63, 3.8) is 0 Å². The summed E-state index contributed by atoms with van der Waals surface area (Å²) >= 11 is 1.95. The smallest absolute Gasteiger partial charge is 0.184 e. The Labute approximate surface area is 152 Å². The quantitative estimate of drug-likeness (QED) is 0.454. The summed E-state index contributed by atoms with van der Waals surface area (Å²) < 4.78 is 48.0. The molecule has 2 aromatic carbocycles. The summed E-state index contributed by atoms with van der Waals surface area (Å²) in [5, 5.41) is 2.52. The number of nitrogen functional groups attached to an aromatic ring is 1. The molecule has 0 bridgehead atoms. The first-order chi connectivity index (χ1) is 11.3. The summed E-state index contributed by atoms with van der Waals surface area (Å²) in [6, 6.07) is 5.25. The highest BCUT2D eigenvalue weighted by Crippen LogP contribution is 2.36. The van der Waals surface area contributed by atoms with Gasteiger partial charge in [0.15, 0.2) is 11.6 Å². The van der Waals surface area contributed by atoms with Gasteiger partial charge in [-0.1, -0.05) is 13.8 Å². The van der Waals surface area contributed by atoms with E-state index in [1.165, 1.54) is 12.1 Å². The third-order valence-electron chi connectivity index (χ3n) is 3.37. The molecule has 130 valence electrons. The zero-order chi connectivity index (χ0) is 17.9. The average Bonchev–Trinajstić information content (AvgIpc) is 2.50. The maximum absolute atomic E-state index is 14.1. The molecule has 0 aliphatic rings. The summed E-state index contributed by atoms with van der Waals surface area (Å²) in [5.41, 5.74) is 5.44. The van der Waals surface area contributed by atoms with Gasteiger partial charge in [0.25, 0.3) is 0 Å². The van der Waals surface area contributed by atoms with Crippen molar-refractivity contribution in [1.82, 2.24) is 0 Å². The number of hydrogen-bond acceptors (Lipinski definition) is 3. The zero-order valence-electron chi connectivity index (χ0n) is 13.3. The van der Waals surface area contributed by atoms with Crippen LogP contribution in [0.4, 0.5) is 30.2 Å². The fourth-order valence-electron chi connectivity index (χ4n) is 1.99. The third kappa shape index (κ3) is 4.46. The molecule has 0 aromatic heterocycles. The molecule has 3 N–H and O–H groups in total. The van der Waals surface area contributed by atoms with Crippen molar-refractivity contribution in [3.05, 3.63) is 45.3 Å². The fraction of sp³-hybridized carbons (Fsp3) is 0.294. The first-order valence-electron chi connectivity index (χ1n) is 7.42. The molecule has 0 saturated carbocycles. The van der Waals surface area contributed by atoms with Crippen LogP contribution in [-0.2, 0) is 0 Å². The van der Waals surface area contributed by atoms with Crippen LogP contribution in [-0.4, -0.2) is 6.61 Å². The molecule has 0 unspecified atom stereocenters. The van der Waals surface area contributed by atoms with Crippen molar-refractivity contribution in [1.29, 1.82) is 0 Å². The Bertz CT molecular complexity index is 738. The predicted octanol–water partition coefficient (Wildman–Crippen LogP) is 5.46. The molecule has 7 heteroatoms. The Balaban J connectivity index is 2.32. The monoisotopic (exact) mass is 450 g/mol. The molecule has 0 spiro atoms. The second-order valence-corrected chi connectivity index (χ2v) is 6.98. The summed E-state index contributed by atoms with van der Waals surface area (Å²) in [7, 11) is 0. The van der Waals surface area contributed by atoms with E-state index in [2.05, 4.69) is 5.32 Å². The molecule has 0 fully saturated rings. The molecule has 0 atom stereocenters. The highest BCUT2D eigenvalue weighted by atomic mass is 127. The van der Waals surface area contributed by atoms with E-state index in [1.807, 2.05) is 36.4 Å². The number of rotatable bonds is 6. The second-order valence-electron chi connectivity index (χ2n) is 5.74. The maximum Gasteiger partial charge on any atom is 0.184 e. The summed E-state index contributed by atoms with van der Waals surface area (Å²) in [6.07, 6.45) is 0.743. The Morgan fingerprint density at radius 3 is 2.50 bits per heavy atom. The topological polar surface area (TPSA) is 47.3 Å². The average molecular weight is 450 g/mol. The largest absolute Gasteiger partial charge is 0.491 e. The molecule has 2 rings (SSSR count). The van der Waals surface area contributed by atoms with E-state index in [0.29, 0.717) is 16.1 Å². The normalized spacial score (nSPS) is 11.0. The van der Waals surface area contributed by atoms with Crippen LogP contribution in [0.2, 0.25) is 0 Å². The molecular formula is C17H18F3IN2O. The van der Waals surface area contributed by atoms with Crippen LogP contribution >= 0.6 is 22.6 Å². The molecule has 0 saturated heterocycles. The number of ether oxygens (including phenoxy) is 1. The highest BCUT2D eigenvalue weighted by molar-refractivity contribution is 14.1. The summed E-state index contributed by atoms with van der Waals surface area (Å²) in [5.74, 6) is -2.45. The molecule has 0 radical (unpaired) electrons. The lowest BCUT2D eigenvalue weighted by Crippen LogP contribution is -2.08. The van der Waals surface area contributed by atoms with Crippen LogP contribution in [0.25, 0.3) is 0 Å². The molecular weight excluding hydrogens is 432 g/mol. The summed E-state index contributed by atoms with van der Waals surface area (Å²) in [6.45, 7) is 4.36. The van der Waals surface area contributed by atoms with Crippen molar-refractivity contribution < 1.29 is 17.9 Å². The number of benzene rings is 2. The van der Waals surface area contributed by atoms with E-state index in [1.54, 1.807) is 6.07 Å². The minimum Gasteiger partial charge on any atom is -0.491 e. The number of nitrogens with two attached hydrogens (primary N) is 1. The minimum atomic E-state index is -1.18. The van der Waals surface area contributed by atoms with Crippen LogP contribution in [0.15, 0.2) is 24.3 Å². The van der Waals surface area contributed by atoms with Crippen molar-refractivity contribution in [2.45, 2.75) is 20.3 Å². The Morgan fingerprint density at radius 2 is 1.88 bits per heavy atom. The van der Waals surface area contributed by atoms with E-state index < -0.39 is 17.5 Å². The lowest BCUT2D eigenvalue weighted by atomic mass is 10.1. The van der Waals surface area contributed by atoms with Gasteiger partial charge >= 0.3 is 0 Å². The van der Waals surface area contributed by atoms with Crippen LogP contribution < -0.4 is 15.8 Å². The lowest BCUT2D eigenvalue weighted by molar-refractivity contribution is 0.289. The summed E-state index contributed by atoms with van der Waals surface area (Å²) in [4.78, 5) is 0. The Morgan fingerprint density at radius 1 is 1.17 bits per heavy atom. The SMILES string of the molecule is CC(C)CCOc1cc(F)c(F)c(Nc2ccc(I)cc2F)c1N. The molecule has 3 nitrogen and oxygen atoms in total. The number of anilines is 3. The van der Waals surface area contributed by atoms with Gasteiger partial charge in [-0.05, 0) is 53.1 Å². The molecule has 24 heavy (non-hydrogen) atoms. The van der Waals surface area contributed by atoms with Crippen molar-refractivity contribution in [2.75, 3.05) is 17.7 Å². The number of hydrogen-bond donors (Lipinski definition) is 2. The van der Waals surface area contributed by atoms with E-state index in [-0.39, 0.29) is 22.8 Å². The maximum atomic E-state index is 14.1. The van der Waals surface area contributed by atoms with Gasteiger partial charge in [-0.3, -0.25) is 0 Å². The second kappa shape index (κ2) is 7.96. The van der Waals surface area contributed by atoms with Crippen LogP contribution in [0.3, 0.4) is 0 Å². The van der Waals surface area contributed by atoms with Gasteiger partial charge in [0.1, 0.15) is 22.9 Å².